The number of likely N-dealkylation sites (tertiary alicyclic amines) is 1. The second-order valence-electron chi connectivity index (χ2n) is 7.12. The highest BCUT2D eigenvalue weighted by molar-refractivity contribution is 5.94. The molecule has 2 fully saturated rings. The highest BCUT2D eigenvalue weighted by atomic mass is 16.5. The van der Waals surface area contributed by atoms with Gasteiger partial charge in [0.15, 0.2) is 0 Å². The van der Waals surface area contributed by atoms with E-state index in [0.29, 0.717) is 12.1 Å². The predicted octanol–water partition coefficient (Wildman–Crippen LogP) is 1.95. The van der Waals surface area contributed by atoms with Gasteiger partial charge >= 0.3 is 0 Å². The molecule has 1 aromatic carbocycles. The van der Waals surface area contributed by atoms with E-state index in [1.807, 2.05) is 23.1 Å². The molecule has 3 aliphatic rings. The number of fused-ring (bicyclic) bond motifs is 1. The average Bonchev–Trinajstić information content (AvgIpc) is 3.09. The Bertz CT molecular complexity index is 611. The van der Waals surface area contributed by atoms with Crippen LogP contribution in [0.1, 0.15) is 35.7 Å². The number of nitrogens with zero attached hydrogens (tertiary/aromatic N) is 2. The van der Waals surface area contributed by atoms with Crippen molar-refractivity contribution in [2.45, 2.75) is 38.3 Å². The van der Waals surface area contributed by atoms with E-state index in [9.17, 15) is 4.79 Å². The minimum absolute atomic E-state index is 0.165. The lowest BCUT2D eigenvalue weighted by Crippen LogP contribution is -2.51. The summed E-state index contributed by atoms with van der Waals surface area (Å²) in [6.07, 6.45) is 3.36. The minimum atomic E-state index is 0.165. The lowest BCUT2D eigenvalue weighted by molar-refractivity contribution is -0.0423. The van der Waals surface area contributed by atoms with Gasteiger partial charge in [-0.15, -0.1) is 0 Å². The zero-order valence-electron chi connectivity index (χ0n) is 14.4. The van der Waals surface area contributed by atoms with E-state index in [4.69, 9.17) is 9.47 Å². The Morgan fingerprint density at radius 1 is 1.17 bits per heavy atom. The summed E-state index contributed by atoms with van der Waals surface area (Å²) in [5.74, 6) is 1.10. The van der Waals surface area contributed by atoms with Crippen LogP contribution in [0, 0.1) is 0 Å². The molecular weight excluding hydrogens is 304 g/mol. The molecule has 0 spiro atoms. The smallest absolute Gasteiger partial charge is 0.253 e. The number of hydrogen-bond acceptors (Lipinski definition) is 4. The van der Waals surface area contributed by atoms with Crippen LogP contribution in [0.5, 0.6) is 5.75 Å². The van der Waals surface area contributed by atoms with Gasteiger partial charge in [-0.2, -0.15) is 0 Å². The molecule has 1 amide bonds. The van der Waals surface area contributed by atoms with Crippen molar-refractivity contribution in [3.8, 4) is 5.75 Å². The Labute approximate surface area is 143 Å². The molecule has 0 aromatic heterocycles. The minimum Gasteiger partial charge on any atom is -0.493 e. The molecule has 3 aliphatic heterocycles. The SMILES string of the molecule is CC1CN(C2CCN(C(=O)c3ccc4c(c3)CCO4)CC2)CCO1. The molecule has 1 atom stereocenters. The van der Waals surface area contributed by atoms with Crippen LogP contribution in [-0.2, 0) is 11.2 Å². The summed E-state index contributed by atoms with van der Waals surface area (Å²) in [6, 6.07) is 6.45. The van der Waals surface area contributed by atoms with Crippen molar-refractivity contribution < 1.29 is 14.3 Å². The first kappa shape index (κ1) is 15.9. The van der Waals surface area contributed by atoms with E-state index in [-0.39, 0.29) is 5.91 Å². The van der Waals surface area contributed by atoms with Crippen LogP contribution in [0.3, 0.4) is 0 Å². The quantitative estimate of drug-likeness (QED) is 0.831. The topological polar surface area (TPSA) is 42.0 Å². The first-order chi connectivity index (χ1) is 11.7. The summed E-state index contributed by atoms with van der Waals surface area (Å²) in [5, 5.41) is 0. The van der Waals surface area contributed by atoms with Crippen molar-refractivity contribution in [2.24, 2.45) is 0 Å². The van der Waals surface area contributed by atoms with Crippen molar-refractivity contribution >= 4 is 5.91 Å². The molecule has 130 valence electrons. The first-order valence-corrected chi connectivity index (χ1v) is 9.11. The molecule has 0 radical (unpaired) electrons. The maximum atomic E-state index is 12.8. The van der Waals surface area contributed by atoms with Crippen LogP contribution < -0.4 is 4.74 Å². The average molecular weight is 330 g/mol. The summed E-state index contributed by atoms with van der Waals surface area (Å²) in [5.41, 5.74) is 1.97. The largest absolute Gasteiger partial charge is 0.493 e. The first-order valence-electron chi connectivity index (χ1n) is 9.11. The standard InChI is InChI=1S/C19H26N2O3/c1-14-13-21(9-11-23-14)17-4-7-20(8-5-17)19(22)16-2-3-18-15(12-16)6-10-24-18/h2-3,12,14,17H,4-11,13H2,1H3. The molecule has 0 saturated carbocycles. The van der Waals surface area contributed by atoms with Crippen molar-refractivity contribution in [1.29, 1.82) is 0 Å². The molecule has 5 heteroatoms. The Balaban J connectivity index is 1.36. The third kappa shape index (κ3) is 3.15. The van der Waals surface area contributed by atoms with Gasteiger partial charge in [0.05, 0.1) is 19.3 Å². The zero-order valence-corrected chi connectivity index (χ0v) is 14.4. The third-order valence-electron chi connectivity index (χ3n) is 5.48. The number of hydrogen-bond donors (Lipinski definition) is 0. The van der Waals surface area contributed by atoms with Gasteiger partial charge in [-0.25, -0.2) is 0 Å². The number of rotatable bonds is 2. The number of benzene rings is 1. The number of amides is 1. The number of morpholine rings is 1. The number of ether oxygens (including phenoxy) is 2. The molecule has 5 nitrogen and oxygen atoms in total. The Kier molecular flexibility index (Phi) is 4.46. The molecule has 0 N–H and O–H groups in total. The third-order valence-corrected chi connectivity index (χ3v) is 5.48. The van der Waals surface area contributed by atoms with Gasteiger partial charge in [-0.05, 0) is 43.5 Å². The van der Waals surface area contributed by atoms with E-state index in [2.05, 4.69) is 11.8 Å². The van der Waals surface area contributed by atoms with Crippen LogP contribution in [-0.4, -0.2) is 67.2 Å². The monoisotopic (exact) mass is 330 g/mol. The van der Waals surface area contributed by atoms with E-state index in [0.717, 1.165) is 75.5 Å². The van der Waals surface area contributed by atoms with Crippen molar-refractivity contribution in [3.63, 3.8) is 0 Å². The van der Waals surface area contributed by atoms with Crippen LogP contribution in [0.15, 0.2) is 18.2 Å². The summed E-state index contributed by atoms with van der Waals surface area (Å²) in [4.78, 5) is 17.3. The molecule has 1 aromatic rings. The fraction of sp³-hybridized carbons (Fsp3) is 0.632. The summed E-state index contributed by atoms with van der Waals surface area (Å²) < 4.78 is 11.2. The summed E-state index contributed by atoms with van der Waals surface area (Å²) in [6.45, 7) is 7.44. The normalized spacial score (nSPS) is 25.4. The van der Waals surface area contributed by atoms with E-state index >= 15 is 0 Å². The van der Waals surface area contributed by atoms with Crippen LogP contribution in [0.4, 0.5) is 0 Å². The molecule has 2 saturated heterocycles. The maximum Gasteiger partial charge on any atom is 0.253 e. The fourth-order valence-electron chi connectivity index (χ4n) is 4.11. The fourth-order valence-corrected chi connectivity index (χ4v) is 4.11. The molecule has 4 rings (SSSR count). The lowest BCUT2D eigenvalue weighted by Gasteiger charge is -2.41. The summed E-state index contributed by atoms with van der Waals surface area (Å²) in [7, 11) is 0. The van der Waals surface area contributed by atoms with Crippen LogP contribution in [0.2, 0.25) is 0 Å². The predicted molar refractivity (Wildman–Crippen MR) is 91.6 cm³/mol. The second kappa shape index (κ2) is 6.73. The Hall–Kier alpha value is -1.59. The molecule has 24 heavy (non-hydrogen) atoms. The molecule has 3 heterocycles. The maximum absolute atomic E-state index is 12.8. The molecule has 1 unspecified atom stereocenters. The van der Waals surface area contributed by atoms with Gasteiger partial charge in [0.1, 0.15) is 5.75 Å². The van der Waals surface area contributed by atoms with E-state index in [1.165, 1.54) is 0 Å². The second-order valence-corrected chi connectivity index (χ2v) is 7.12. The molecule has 0 bridgehead atoms. The van der Waals surface area contributed by atoms with Crippen molar-refractivity contribution in [3.05, 3.63) is 29.3 Å². The van der Waals surface area contributed by atoms with Crippen LogP contribution >= 0.6 is 0 Å². The highest BCUT2D eigenvalue weighted by Gasteiger charge is 2.30. The Morgan fingerprint density at radius 2 is 2.00 bits per heavy atom. The number of piperidine rings is 1. The highest BCUT2D eigenvalue weighted by Crippen LogP contribution is 2.27. The van der Waals surface area contributed by atoms with Gasteiger partial charge in [0.2, 0.25) is 0 Å². The molecular formula is C19H26N2O3. The zero-order chi connectivity index (χ0) is 16.5. The van der Waals surface area contributed by atoms with Gasteiger partial charge in [0.25, 0.3) is 5.91 Å². The lowest BCUT2D eigenvalue weighted by atomic mass is 10.0. The van der Waals surface area contributed by atoms with Crippen molar-refractivity contribution in [1.82, 2.24) is 9.80 Å². The number of carbonyl (C=O) groups is 1. The Morgan fingerprint density at radius 3 is 2.79 bits per heavy atom. The van der Waals surface area contributed by atoms with E-state index in [1.54, 1.807) is 0 Å². The van der Waals surface area contributed by atoms with Gasteiger partial charge in [0, 0.05) is 44.2 Å². The summed E-state index contributed by atoms with van der Waals surface area (Å²) >= 11 is 0. The van der Waals surface area contributed by atoms with Gasteiger partial charge in [-0.1, -0.05) is 0 Å². The molecule has 0 aliphatic carbocycles. The van der Waals surface area contributed by atoms with Gasteiger partial charge in [-0.3, -0.25) is 9.69 Å². The number of carbonyl (C=O) groups excluding carboxylic acids is 1. The van der Waals surface area contributed by atoms with Crippen LogP contribution in [0.25, 0.3) is 0 Å². The van der Waals surface area contributed by atoms with Crippen molar-refractivity contribution in [2.75, 3.05) is 39.4 Å². The van der Waals surface area contributed by atoms with Gasteiger partial charge < -0.3 is 14.4 Å². The van der Waals surface area contributed by atoms with E-state index < -0.39 is 0 Å².